The molecule has 1 unspecified atom stereocenters. The minimum Gasteiger partial charge on any atom is -0.329 e. The van der Waals surface area contributed by atoms with Gasteiger partial charge in [0.15, 0.2) is 5.78 Å². The number of rotatable bonds is 4. The number of hydrogen-bond donors (Lipinski definition) is 0. The lowest BCUT2D eigenvalue weighted by Crippen LogP contribution is -2.46. The molecule has 0 N–H and O–H groups in total. The van der Waals surface area contributed by atoms with Crippen LogP contribution in [0.4, 0.5) is 0 Å². The number of amides is 1. The Bertz CT molecular complexity index is 311. The van der Waals surface area contributed by atoms with Gasteiger partial charge in [-0.05, 0) is 40.3 Å². The van der Waals surface area contributed by atoms with E-state index in [0.717, 1.165) is 25.8 Å². The van der Waals surface area contributed by atoms with Crippen LogP contribution in [0.1, 0.15) is 26.2 Å². The highest BCUT2D eigenvalue weighted by Gasteiger charge is 2.28. The smallest absolute Gasteiger partial charge is 0.246 e. The van der Waals surface area contributed by atoms with Gasteiger partial charge in [-0.25, -0.2) is 0 Å². The zero-order chi connectivity index (χ0) is 12.8. The van der Waals surface area contributed by atoms with Gasteiger partial charge in [0.05, 0.1) is 6.04 Å². The van der Waals surface area contributed by atoms with E-state index in [2.05, 4.69) is 0 Å². The summed E-state index contributed by atoms with van der Waals surface area (Å²) in [6.07, 6.45) is 6.27. The van der Waals surface area contributed by atoms with Crippen LogP contribution in [-0.4, -0.2) is 54.7 Å². The Kier molecular flexibility index (Phi) is 5.35. The van der Waals surface area contributed by atoms with Gasteiger partial charge in [-0.1, -0.05) is 6.08 Å². The van der Waals surface area contributed by atoms with E-state index in [1.165, 1.54) is 0 Å². The molecule has 0 aromatic heterocycles. The number of hydrogen-bond acceptors (Lipinski definition) is 3. The lowest BCUT2D eigenvalue weighted by molar-refractivity contribution is -0.136. The number of likely N-dealkylation sites (tertiary alicyclic amines) is 1. The Morgan fingerprint density at radius 2 is 2.06 bits per heavy atom. The van der Waals surface area contributed by atoms with Crippen LogP contribution in [0.5, 0.6) is 0 Å². The Balaban J connectivity index is 2.59. The van der Waals surface area contributed by atoms with Crippen molar-refractivity contribution >= 4 is 11.7 Å². The van der Waals surface area contributed by atoms with Crippen molar-refractivity contribution in [3.05, 3.63) is 12.2 Å². The molecule has 96 valence electrons. The molecule has 1 saturated heterocycles. The number of Topliss-reactive ketones (excluding diaryl/α,β-unsaturated/α-hetero) is 1. The number of likely N-dealkylation sites (N-methyl/N-ethyl adjacent to an activating group) is 1. The average Bonchev–Trinajstić information content (AvgIpc) is 2.28. The Morgan fingerprint density at radius 3 is 2.65 bits per heavy atom. The molecule has 0 aliphatic carbocycles. The third-order valence-corrected chi connectivity index (χ3v) is 2.99. The van der Waals surface area contributed by atoms with Crippen LogP contribution >= 0.6 is 0 Å². The van der Waals surface area contributed by atoms with Gasteiger partial charge in [0.1, 0.15) is 0 Å². The Morgan fingerprint density at radius 1 is 1.35 bits per heavy atom. The van der Waals surface area contributed by atoms with Crippen LogP contribution < -0.4 is 0 Å². The van der Waals surface area contributed by atoms with E-state index in [1.807, 2.05) is 25.1 Å². The highest BCUT2D eigenvalue weighted by atomic mass is 16.2. The van der Waals surface area contributed by atoms with Crippen molar-refractivity contribution in [1.82, 2.24) is 9.80 Å². The van der Waals surface area contributed by atoms with Crippen molar-refractivity contribution in [2.45, 2.75) is 32.2 Å². The molecule has 1 aliphatic heterocycles. The van der Waals surface area contributed by atoms with Crippen molar-refractivity contribution in [3.8, 4) is 0 Å². The minimum absolute atomic E-state index is 0.0354. The van der Waals surface area contributed by atoms with Gasteiger partial charge in [-0.3, -0.25) is 9.59 Å². The first kappa shape index (κ1) is 13.9. The summed E-state index contributed by atoms with van der Waals surface area (Å²) in [6.45, 7) is 3.01. The summed E-state index contributed by atoms with van der Waals surface area (Å²) < 4.78 is 0. The molecule has 0 bridgehead atoms. The molecule has 1 fully saturated rings. The van der Waals surface area contributed by atoms with Crippen LogP contribution in [-0.2, 0) is 9.59 Å². The largest absolute Gasteiger partial charge is 0.329 e. The fourth-order valence-corrected chi connectivity index (χ4v) is 2.08. The number of piperidine rings is 1. The predicted octanol–water partition coefficient (Wildman–Crippen LogP) is 1.07. The molecule has 0 radical (unpaired) electrons. The van der Waals surface area contributed by atoms with Crippen LogP contribution in [0.15, 0.2) is 12.2 Å². The number of nitrogens with zero attached hydrogens (tertiary/aromatic N) is 2. The molecule has 0 aromatic rings. The van der Waals surface area contributed by atoms with Crippen molar-refractivity contribution in [2.24, 2.45) is 0 Å². The summed E-state index contributed by atoms with van der Waals surface area (Å²) in [6, 6.07) is -0.208. The standard InChI is InChI=1S/C13H22N2O2/c1-11(16)12-7-4-5-10-15(12)13(17)8-6-9-14(2)3/h6,8,12H,4-5,7,9-10H2,1-3H3/b8-6+. The molecule has 0 aromatic carbocycles. The first-order valence-corrected chi connectivity index (χ1v) is 6.14. The molecular weight excluding hydrogens is 216 g/mol. The molecule has 1 amide bonds. The molecule has 1 atom stereocenters. The van der Waals surface area contributed by atoms with E-state index < -0.39 is 0 Å². The molecule has 1 heterocycles. The second-order valence-corrected chi connectivity index (χ2v) is 4.82. The molecule has 0 saturated carbocycles. The molecule has 17 heavy (non-hydrogen) atoms. The van der Waals surface area contributed by atoms with Gasteiger partial charge in [-0.2, -0.15) is 0 Å². The normalized spacial score (nSPS) is 21.2. The molecule has 0 spiro atoms. The second kappa shape index (κ2) is 6.55. The molecule has 4 nitrogen and oxygen atoms in total. The van der Waals surface area contributed by atoms with E-state index in [0.29, 0.717) is 6.54 Å². The second-order valence-electron chi connectivity index (χ2n) is 4.82. The van der Waals surface area contributed by atoms with Gasteiger partial charge >= 0.3 is 0 Å². The van der Waals surface area contributed by atoms with Crippen molar-refractivity contribution in [2.75, 3.05) is 27.2 Å². The van der Waals surface area contributed by atoms with E-state index in [4.69, 9.17) is 0 Å². The maximum absolute atomic E-state index is 12.0. The first-order valence-electron chi connectivity index (χ1n) is 6.14. The quantitative estimate of drug-likeness (QED) is 0.688. The summed E-state index contributed by atoms with van der Waals surface area (Å²) in [5, 5.41) is 0. The average molecular weight is 238 g/mol. The first-order chi connectivity index (χ1) is 8.02. The number of carbonyl (C=O) groups is 2. The van der Waals surface area contributed by atoms with Gasteiger partial charge in [0.25, 0.3) is 0 Å². The predicted molar refractivity (Wildman–Crippen MR) is 67.7 cm³/mol. The fraction of sp³-hybridized carbons (Fsp3) is 0.692. The van der Waals surface area contributed by atoms with E-state index in [9.17, 15) is 9.59 Å². The highest BCUT2D eigenvalue weighted by Crippen LogP contribution is 2.18. The van der Waals surface area contributed by atoms with E-state index in [1.54, 1.807) is 17.9 Å². The summed E-state index contributed by atoms with van der Waals surface area (Å²) in [4.78, 5) is 27.1. The zero-order valence-electron chi connectivity index (χ0n) is 11.0. The highest BCUT2D eigenvalue weighted by molar-refractivity contribution is 5.93. The van der Waals surface area contributed by atoms with Crippen molar-refractivity contribution in [3.63, 3.8) is 0 Å². The third kappa shape index (κ3) is 4.30. The number of carbonyl (C=O) groups excluding carboxylic acids is 2. The van der Waals surface area contributed by atoms with Crippen molar-refractivity contribution in [1.29, 1.82) is 0 Å². The summed E-state index contributed by atoms with van der Waals surface area (Å²) in [7, 11) is 3.90. The minimum atomic E-state index is -0.208. The maximum Gasteiger partial charge on any atom is 0.246 e. The van der Waals surface area contributed by atoms with Gasteiger partial charge in [-0.15, -0.1) is 0 Å². The van der Waals surface area contributed by atoms with Gasteiger partial charge in [0, 0.05) is 19.2 Å². The van der Waals surface area contributed by atoms with Crippen LogP contribution in [0, 0.1) is 0 Å². The molecular formula is C13H22N2O2. The monoisotopic (exact) mass is 238 g/mol. The molecule has 1 aliphatic rings. The van der Waals surface area contributed by atoms with Gasteiger partial charge in [0.2, 0.25) is 5.91 Å². The molecule has 1 rings (SSSR count). The fourth-order valence-electron chi connectivity index (χ4n) is 2.08. The van der Waals surface area contributed by atoms with Crippen molar-refractivity contribution < 1.29 is 9.59 Å². The lowest BCUT2D eigenvalue weighted by atomic mass is 9.99. The summed E-state index contributed by atoms with van der Waals surface area (Å²) in [5.74, 6) is 0.0609. The van der Waals surface area contributed by atoms with E-state index in [-0.39, 0.29) is 17.7 Å². The number of ketones is 1. The van der Waals surface area contributed by atoms with E-state index >= 15 is 0 Å². The third-order valence-electron chi connectivity index (χ3n) is 2.99. The van der Waals surface area contributed by atoms with Crippen LogP contribution in [0.25, 0.3) is 0 Å². The Hall–Kier alpha value is -1.16. The summed E-state index contributed by atoms with van der Waals surface area (Å²) in [5.41, 5.74) is 0. The van der Waals surface area contributed by atoms with Crippen LogP contribution in [0.2, 0.25) is 0 Å². The Labute approximate surface area is 103 Å². The van der Waals surface area contributed by atoms with Crippen LogP contribution in [0.3, 0.4) is 0 Å². The van der Waals surface area contributed by atoms with Gasteiger partial charge < -0.3 is 9.80 Å². The topological polar surface area (TPSA) is 40.6 Å². The zero-order valence-corrected chi connectivity index (χ0v) is 11.0. The summed E-state index contributed by atoms with van der Waals surface area (Å²) >= 11 is 0. The lowest BCUT2D eigenvalue weighted by Gasteiger charge is -2.33. The molecule has 4 heteroatoms. The maximum atomic E-state index is 12.0. The SMILES string of the molecule is CC(=O)C1CCCCN1C(=O)/C=C/CN(C)C.